The van der Waals surface area contributed by atoms with E-state index in [9.17, 15) is 13.2 Å². The first-order valence-corrected chi connectivity index (χ1v) is 4.73. The third kappa shape index (κ3) is 4.88. The summed E-state index contributed by atoms with van der Waals surface area (Å²) < 4.78 is 39.9. The molecule has 1 nitrogen and oxygen atoms in total. The van der Waals surface area contributed by atoms with Crippen LogP contribution in [0.15, 0.2) is 24.3 Å². The van der Waals surface area contributed by atoms with Crippen LogP contribution in [0.1, 0.15) is 5.56 Å². The molecule has 0 bridgehead atoms. The van der Waals surface area contributed by atoms with E-state index in [0.717, 1.165) is 18.3 Å². The Balaban J connectivity index is 2.44. The molecule has 0 unspecified atom stereocenters. The smallest absolute Gasteiger partial charge is 0.367 e. The Labute approximate surface area is 87.5 Å². The molecule has 82 valence electrons. The normalized spacial score (nSPS) is 11.5. The van der Waals surface area contributed by atoms with Crippen LogP contribution in [0.5, 0.6) is 0 Å². The first kappa shape index (κ1) is 12.1. The molecule has 0 fully saturated rings. The van der Waals surface area contributed by atoms with E-state index in [1.165, 1.54) is 0 Å². The van der Waals surface area contributed by atoms with Crippen molar-refractivity contribution in [1.29, 1.82) is 0 Å². The molecule has 1 rings (SSSR count). The van der Waals surface area contributed by atoms with Gasteiger partial charge in [-0.15, -0.1) is 0 Å². The second-order valence-corrected chi connectivity index (χ2v) is 3.28. The molecule has 0 atom stereocenters. The first-order valence-electron chi connectivity index (χ1n) is 4.73. The van der Waals surface area contributed by atoms with Gasteiger partial charge in [0, 0.05) is 0 Å². The van der Waals surface area contributed by atoms with E-state index in [-0.39, 0.29) is 6.61 Å². The van der Waals surface area contributed by atoms with Gasteiger partial charge in [-0.05, 0) is 5.56 Å². The standard InChI is InChI=1S/C10H12BF3O/c1-11-9-4-2-3-8(5-9)6-15-7-10(12,13)14/h2-5,11H,6-7H2,1H3. The van der Waals surface area contributed by atoms with Gasteiger partial charge in [0.1, 0.15) is 6.61 Å². The van der Waals surface area contributed by atoms with Gasteiger partial charge in [-0.3, -0.25) is 0 Å². The average molecular weight is 216 g/mol. The zero-order valence-electron chi connectivity index (χ0n) is 8.47. The fourth-order valence-electron chi connectivity index (χ4n) is 1.22. The molecule has 0 aromatic heterocycles. The summed E-state index contributed by atoms with van der Waals surface area (Å²) in [6.07, 6.45) is -4.25. The zero-order chi connectivity index (χ0) is 11.3. The Morgan fingerprint density at radius 2 is 2.07 bits per heavy atom. The number of alkyl halides is 3. The van der Waals surface area contributed by atoms with Crippen LogP contribution in [0.4, 0.5) is 13.2 Å². The summed E-state index contributed by atoms with van der Waals surface area (Å²) in [5.41, 5.74) is 1.88. The summed E-state index contributed by atoms with van der Waals surface area (Å²) in [7, 11) is 0.868. The van der Waals surface area contributed by atoms with Gasteiger partial charge in [-0.25, -0.2) is 0 Å². The maximum absolute atomic E-state index is 11.8. The molecule has 0 saturated carbocycles. The van der Waals surface area contributed by atoms with Crippen LogP contribution in [-0.2, 0) is 11.3 Å². The minimum Gasteiger partial charge on any atom is -0.367 e. The Bertz CT molecular complexity index is 312. The number of hydrogen-bond donors (Lipinski definition) is 0. The molecule has 0 spiro atoms. The lowest BCUT2D eigenvalue weighted by Gasteiger charge is -2.08. The Morgan fingerprint density at radius 3 is 2.67 bits per heavy atom. The summed E-state index contributed by atoms with van der Waals surface area (Å²) in [6, 6.07) is 7.38. The third-order valence-electron chi connectivity index (χ3n) is 1.93. The van der Waals surface area contributed by atoms with Crippen molar-refractivity contribution in [1.82, 2.24) is 0 Å². The summed E-state index contributed by atoms with van der Waals surface area (Å²) in [4.78, 5) is 0. The molecular weight excluding hydrogens is 204 g/mol. The topological polar surface area (TPSA) is 9.23 Å². The Kier molecular flexibility index (Phi) is 4.21. The van der Waals surface area contributed by atoms with E-state index < -0.39 is 12.8 Å². The number of hydrogen-bond acceptors (Lipinski definition) is 1. The van der Waals surface area contributed by atoms with Gasteiger partial charge in [-0.1, -0.05) is 36.6 Å². The fourth-order valence-corrected chi connectivity index (χ4v) is 1.22. The summed E-state index contributed by atoms with van der Waals surface area (Å²) in [6.45, 7) is 0.812. The average Bonchev–Trinajstić information content (AvgIpc) is 2.16. The Hall–Kier alpha value is -0.965. The van der Waals surface area contributed by atoms with Gasteiger partial charge < -0.3 is 4.74 Å². The van der Waals surface area contributed by atoms with E-state index in [1.807, 2.05) is 25.0 Å². The van der Waals surface area contributed by atoms with Crippen molar-refractivity contribution >= 4 is 12.7 Å². The molecule has 1 aromatic rings. The highest BCUT2D eigenvalue weighted by Crippen LogP contribution is 2.15. The van der Waals surface area contributed by atoms with E-state index in [0.29, 0.717) is 0 Å². The molecule has 0 N–H and O–H groups in total. The van der Waals surface area contributed by atoms with Crippen LogP contribution in [0.25, 0.3) is 0 Å². The van der Waals surface area contributed by atoms with Crippen molar-refractivity contribution < 1.29 is 17.9 Å². The van der Waals surface area contributed by atoms with Crippen molar-refractivity contribution in [3.05, 3.63) is 29.8 Å². The quantitative estimate of drug-likeness (QED) is 0.698. The van der Waals surface area contributed by atoms with E-state index in [2.05, 4.69) is 4.74 Å². The molecular formula is C10H12BF3O. The van der Waals surface area contributed by atoms with E-state index >= 15 is 0 Å². The predicted octanol–water partition coefficient (Wildman–Crippen LogP) is 1.88. The number of rotatable bonds is 4. The maximum atomic E-state index is 11.8. The SMILES string of the molecule is CBc1cccc(COCC(F)(F)F)c1. The fraction of sp³-hybridized carbons (Fsp3) is 0.400. The number of ether oxygens (including phenoxy) is 1. The summed E-state index contributed by atoms with van der Waals surface area (Å²) in [5, 5.41) is 0. The molecule has 1 aromatic carbocycles. The monoisotopic (exact) mass is 216 g/mol. The van der Waals surface area contributed by atoms with Gasteiger partial charge >= 0.3 is 6.18 Å². The van der Waals surface area contributed by atoms with Gasteiger partial charge in [-0.2, -0.15) is 13.2 Å². The van der Waals surface area contributed by atoms with Crippen LogP contribution in [0.3, 0.4) is 0 Å². The lowest BCUT2D eigenvalue weighted by Crippen LogP contribution is -2.17. The largest absolute Gasteiger partial charge is 0.411 e. The van der Waals surface area contributed by atoms with Crippen LogP contribution in [0.2, 0.25) is 6.82 Å². The number of benzene rings is 1. The van der Waals surface area contributed by atoms with Crippen molar-refractivity contribution in [2.75, 3.05) is 6.61 Å². The molecule has 5 heteroatoms. The van der Waals surface area contributed by atoms with Crippen LogP contribution in [-0.4, -0.2) is 20.1 Å². The number of halogens is 3. The van der Waals surface area contributed by atoms with Crippen molar-refractivity contribution in [3.63, 3.8) is 0 Å². The highest BCUT2D eigenvalue weighted by molar-refractivity contribution is 6.51. The van der Waals surface area contributed by atoms with E-state index in [4.69, 9.17) is 0 Å². The van der Waals surface area contributed by atoms with Gasteiger partial charge in [0.2, 0.25) is 0 Å². The molecule has 0 aliphatic rings. The predicted molar refractivity (Wildman–Crippen MR) is 54.8 cm³/mol. The highest BCUT2D eigenvalue weighted by Gasteiger charge is 2.27. The van der Waals surface area contributed by atoms with Crippen LogP contribution >= 0.6 is 0 Å². The zero-order valence-corrected chi connectivity index (χ0v) is 8.47. The molecule has 0 aliphatic carbocycles. The highest BCUT2D eigenvalue weighted by atomic mass is 19.4. The molecule has 0 aliphatic heterocycles. The van der Waals surface area contributed by atoms with E-state index in [1.54, 1.807) is 6.07 Å². The minimum absolute atomic E-state index is 0.00729. The second-order valence-electron chi connectivity index (χ2n) is 3.28. The van der Waals surface area contributed by atoms with Gasteiger partial charge in [0.25, 0.3) is 0 Å². The molecule has 0 saturated heterocycles. The second kappa shape index (κ2) is 5.21. The first-order chi connectivity index (χ1) is 7.01. The van der Waals surface area contributed by atoms with Crippen LogP contribution < -0.4 is 5.46 Å². The molecule has 0 radical (unpaired) electrons. The lowest BCUT2D eigenvalue weighted by molar-refractivity contribution is -0.176. The van der Waals surface area contributed by atoms with Gasteiger partial charge in [0.15, 0.2) is 7.28 Å². The summed E-state index contributed by atoms with van der Waals surface area (Å²) in [5.74, 6) is 0. The van der Waals surface area contributed by atoms with Crippen molar-refractivity contribution in [3.8, 4) is 0 Å². The Morgan fingerprint density at radius 1 is 1.33 bits per heavy atom. The van der Waals surface area contributed by atoms with Crippen LogP contribution in [0, 0.1) is 0 Å². The van der Waals surface area contributed by atoms with Crippen molar-refractivity contribution in [2.24, 2.45) is 0 Å². The summed E-state index contributed by atoms with van der Waals surface area (Å²) >= 11 is 0. The maximum Gasteiger partial charge on any atom is 0.411 e. The molecule has 0 amide bonds. The molecule has 15 heavy (non-hydrogen) atoms. The third-order valence-corrected chi connectivity index (χ3v) is 1.93. The lowest BCUT2D eigenvalue weighted by atomic mass is 9.73. The molecule has 0 heterocycles. The van der Waals surface area contributed by atoms with Crippen molar-refractivity contribution in [2.45, 2.75) is 19.6 Å². The minimum atomic E-state index is -4.25. The van der Waals surface area contributed by atoms with Gasteiger partial charge in [0.05, 0.1) is 6.61 Å².